The van der Waals surface area contributed by atoms with Crippen molar-refractivity contribution in [2.75, 3.05) is 0 Å². The molecule has 142 valence electrons. The third-order valence-electron chi connectivity index (χ3n) is 6.13. The number of para-hydroxylation sites is 1. The van der Waals surface area contributed by atoms with Crippen molar-refractivity contribution in [1.82, 2.24) is 4.98 Å². The summed E-state index contributed by atoms with van der Waals surface area (Å²) in [6.45, 7) is 2.25. The number of aryl methyl sites for hydroxylation is 1. The Morgan fingerprint density at radius 2 is 1.96 bits per heavy atom. The largest absolute Gasteiger partial charge is 0.357 e. The summed E-state index contributed by atoms with van der Waals surface area (Å²) in [6.07, 6.45) is 6.51. The summed E-state index contributed by atoms with van der Waals surface area (Å²) in [5.74, 6) is 0.439. The topological polar surface area (TPSA) is 41.8 Å². The summed E-state index contributed by atoms with van der Waals surface area (Å²) >= 11 is 12.2. The molecule has 4 rings (SSSR count). The lowest BCUT2D eigenvalue weighted by atomic mass is 9.77. The molecule has 0 saturated carbocycles. The molecular weight excluding hydrogens is 375 g/mol. The number of hydrogen-bond donors (Lipinski definition) is 2. The van der Waals surface area contributed by atoms with Crippen LogP contribution in [0.2, 0.25) is 10.0 Å². The summed E-state index contributed by atoms with van der Waals surface area (Å²) in [4.78, 5) is 3.63. The van der Waals surface area contributed by atoms with Gasteiger partial charge in [0.15, 0.2) is 0 Å². The zero-order chi connectivity index (χ0) is 19.0. The first-order valence-electron chi connectivity index (χ1n) is 9.82. The second-order valence-electron chi connectivity index (χ2n) is 8.00. The van der Waals surface area contributed by atoms with Crippen LogP contribution in [-0.2, 0) is 12.0 Å². The predicted molar refractivity (Wildman–Crippen MR) is 116 cm³/mol. The van der Waals surface area contributed by atoms with E-state index in [9.17, 15) is 0 Å². The van der Waals surface area contributed by atoms with Crippen LogP contribution in [-0.4, -0.2) is 4.98 Å². The number of benzene rings is 2. The maximum atomic E-state index is 6.93. The first-order valence-corrected chi connectivity index (χ1v) is 10.6. The van der Waals surface area contributed by atoms with E-state index in [0.717, 1.165) is 38.5 Å². The summed E-state index contributed by atoms with van der Waals surface area (Å²) in [5, 5.41) is 2.58. The van der Waals surface area contributed by atoms with E-state index >= 15 is 0 Å². The van der Waals surface area contributed by atoms with Gasteiger partial charge in [-0.05, 0) is 67.3 Å². The standard InChI is InChI=1S/C23H26Cl2N2/c1-15(16-10-11-19(24)20(25)14-16)6-4-12-23(26)13-5-8-18-17-7-2-3-9-21(17)27-22(18)23/h2-3,7,9-11,14-15,27H,4-6,8,12-13,26H2,1H3. The Morgan fingerprint density at radius 3 is 2.78 bits per heavy atom. The van der Waals surface area contributed by atoms with Gasteiger partial charge in [0.2, 0.25) is 0 Å². The van der Waals surface area contributed by atoms with Crippen molar-refractivity contribution in [2.24, 2.45) is 5.73 Å². The van der Waals surface area contributed by atoms with E-state index in [-0.39, 0.29) is 5.54 Å². The Labute approximate surface area is 171 Å². The van der Waals surface area contributed by atoms with Gasteiger partial charge in [0.05, 0.1) is 15.6 Å². The minimum Gasteiger partial charge on any atom is -0.357 e. The molecule has 1 aliphatic carbocycles. The van der Waals surface area contributed by atoms with Crippen LogP contribution in [0.5, 0.6) is 0 Å². The number of aromatic amines is 1. The molecule has 3 aromatic rings. The number of rotatable bonds is 5. The monoisotopic (exact) mass is 400 g/mol. The fourth-order valence-corrected chi connectivity index (χ4v) is 4.86. The molecule has 3 N–H and O–H groups in total. The molecule has 1 heterocycles. The first-order chi connectivity index (χ1) is 13.0. The normalized spacial score (nSPS) is 20.6. The molecule has 0 radical (unpaired) electrons. The van der Waals surface area contributed by atoms with Crippen molar-refractivity contribution in [1.29, 1.82) is 0 Å². The van der Waals surface area contributed by atoms with E-state index in [0.29, 0.717) is 16.0 Å². The van der Waals surface area contributed by atoms with Crippen LogP contribution in [0.25, 0.3) is 10.9 Å². The van der Waals surface area contributed by atoms with Crippen LogP contribution in [0.1, 0.15) is 61.8 Å². The number of hydrogen-bond acceptors (Lipinski definition) is 1. The smallest absolute Gasteiger partial charge is 0.0595 e. The highest BCUT2D eigenvalue weighted by molar-refractivity contribution is 6.42. The van der Waals surface area contributed by atoms with Crippen molar-refractivity contribution in [2.45, 2.75) is 56.9 Å². The number of fused-ring (bicyclic) bond motifs is 3. The highest BCUT2D eigenvalue weighted by Gasteiger charge is 2.34. The molecule has 0 saturated heterocycles. The van der Waals surface area contributed by atoms with Gasteiger partial charge in [-0.3, -0.25) is 0 Å². The van der Waals surface area contributed by atoms with Crippen molar-refractivity contribution >= 4 is 34.1 Å². The maximum absolute atomic E-state index is 6.93. The van der Waals surface area contributed by atoms with Crippen LogP contribution in [0.15, 0.2) is 42.5 Å². The summed E-state index contributed by atoms with van der Waals surface area (Å²) in [5.41, 5.74) is 11.8. The number of nitrogens with one attached hydrogen (secondary N) is 1. The molecule has 4 heteroatoms. The highest BCUT2D eigenvalue weighted by Crippen LogP contribution is 2.40. The molecule has 2 unspecified atom stereocenters. The Balaban J connectivity index is 1.48. The van der Waals surface area contributed by atoms with Gasteiger partial charge in [-0.2, -0.15) is 0 Å². The fraction of sp³-hybridized carbons (Fsp3) is 0.391. The van der Waals surface area contributed by atoms with Crippen LogP contribution in [0, 0.1) is 0 Å². The second kappa shape index (κ2) is 7.50. The number of nitrogens with two attached hydrogens (primary N) is 1. The van der Waals surface area contributed by atoms with E-state index in [2.05, 4.69) is 42.2 Å². The minimum absolute atomic E-state index is 0.246. The van der Waals surface area contributed by atoms with Gasteiger partial charge in [-0.1, -0.05) is 60.8 Å². The molecule has 1 aliphatic rings. The van der Waals surface area contributed by atoms with Gasteiger partial charge in [0.25, 0.3) is 0 Å². The summed E-state index contributed by atoms with van der Waals surface area (Å²) < 4.78 is 0. The molecule has 1 aromatic heterocycles. The Bertz CT molecular complexity index is 962. The average Bonchev–Trinajstić information content (AvgIpc) is 3.04. The molecule has 0 spiro atoms. The van der Waals surface area contributed by atoms with Crippen LogP contribution in [0.3, 0.4) is 0 Å². The molecule has 2 nitrogen and oxygen atoms in total. The fourth-order valence-electron chi connectivity index (χ4n) is 4.55. The van der Waals surface area contributed by atoms with Gasteiger partial charge < -0.3 is 10.7 Å². The molecular formula is C23H26Cl2N2. The van der Waals surface area contributed by atoms with Gasteiger partial charge in [-0.15, -0.1) is 0 Å². The molecule has 0 aliphatic heterocycles. The van der Waals surface area contributed by atoms with Crippen molar-refractivity contribution in [3.63, 3.8) is 0 Å². The zero-order valence-electron chi connectivity index (χ0n) is 15.7. The molecule has 0 bridgehead atoms. The predicted octanol–water partition coefficient (Wildman–Crippen LogP) is 6.94. The van der Waals surface area contributed by atoms with Crippen molar-refractivity contribution in [3.05, 3.63) is 69.3 Å². The first kappa shape index (κ1) is 18.9. The SMILES string of the molecule is CC(CCCC1(N)CCCc2c1[nH]c1ccccc21)c1ccc(Cl)c(Cl)c1. The van der Waals surface area contributed by atoms with Crippen LogP contribution < -0.4 is 5.73 Å². The average molecular weight is 401 g/mol. The number of halogens is 2. The summed E-state index contributed by atoms with van der Waals surface area (Å²) in [7, 11) is 0. The van der Waals surface area contributed by atoms with E-state index in [1.165, 1.54) is 27.7 Å². The third kappa shape index (κ3) is 3.63. The summed E-state index contributed by atoms with van der Waals surface area (Å²) in [6, 6.07) is 14.5. The zero-order valence-corrected chi connectivity index (χ0v) is 17.2. The van der Waals surface area contributed by atoms with Crippen LogP contribution in [0.4, 0.5) is 0 Å². The maximum Gasteiger partial charge on any atom is 0.0595 e. The lowest BCUT2D eigenvalue weighted by molar-refractivity contribution is 0.324. The lowest BCUT2D eigenvalue weighted by Crippen LogP contribution is -2.40. The third-order valence-corrected chi connectivity index (χ3v) is 6.87. The molecule has 2 aromatic carbocycles. The Kier molecular flexibility index (Phi) is 5.24. The van der Waals surface area contributed by atoms with E-state index < -0.39 is 0 Å². The number of H-pyrrole nitrogens is 1. The molecule has 2 atom stereocenters. The number of aromatic nitrogens is 1. The molecule has 27 heavy (non-hydrogen) atoms. The minimum atomic E-state index is -0.246. The van der Waals surface area contributed by atoms with Crippen LogP contribution >= 0.6 is 23.2 Å². The van der Waals surface area contributed by atoms with Gasteiger partial charge in [0.1, 0.15) is 0 Å². The van der Waals surface area contributed by atoms with E-state index in [1.807, 2.05) is 12.1 Å². The highest BCUT2D eigenvalue weighted by atomic mass is 35.5. The molecule has 0 fully saturated rings. The second-order valence-corrected chi connectivity index (χ2v) is 8.82. The molecule has 0 amide bonds. The van der Waals surface area contributed by atoms with Gasteiger partial charge in [-0.25, -0.2) is 0 Å². The van der Waals surface area contributed by atoms with Crippen molar-refractivity contribution < 1.29 is 0 Å². The Morgan fingerprint density at radius 1 is 1.15 bits per heavy atom. The van der Waals surface area contributed by atoms with Gasteiger partial charge >= 0.3 is 0 Å². The van der Waals surface area contributed by atoms with Gasteiger partial charge in [0, 0.05) is 16.6 Å². The Hall–Kier alpha value is -1.48. The lowest BCUT2D eigenvalue weighted by Gasteiger charge is -2.34. The quantitative estimate of drug-likeness (QED) is 0.478. The van der Waals surface area contributed by atoms with Crippen molar-refractivity contribution in [3.8, 4) is 0 Å². The van der Waals surface area contributed by atoms with E-state index in [1.54, 1.807) is 0 Å². The van der Waals surface area contributed by atoms with E-state index in [4.69, 9.17) is 28.9 Å².